The number of fused-ring (bicyclic) bond motifs is 5. The van der Waals surface area contributed by atoms with E-state index in [-0.39, 0.29) is 0 Å². The molecule has 0 N–H and O–H groups in total. The fourth-order valence-corrected chi connectivity index (χ4v) is 8.18. The molecule has 7 atom stereocenters. The molecule has 28 heavy (non-hydrogen) atoms. The molecule has 2 heteroatoms. The highest BCUT2D eigenvalue weighted by Gasteiger charge is 2.58. The summed E-state index contributed by atoms with van der Waals surface area (Å²) in [6.07, 6.45) is 14.5. The summed E-state index contributed by atoms with van der Waals surface area (Å²) in [5.41, 5.74) is 1.80. The fraction of sp³-hybridized carbons (Fsp3) is 0.731. The smallest absolute Gasteiger partial charge is 0.119 e. The van der Waals surface area contributed by atoms with Crippen LogP contribution in [0.5, 0.6) is 5.75 Å². The molecule has 150 valence electrons. The van der Waals surface area contributed by atoms with E-state index < -0.39 is 0 Å². The molecule has 4 fully saturated rings. The highest BCUT2D eigenvalue weighted by Crippen LogP contribution is 2.66. The lowest BCUT2D eigenvalue weighted by molar-refractivity contribution is -0.103. The van der Waals surface area contributed by atoms with Gasteiger partial charge in [-0.15, -0.1) is 0 Å². The van der Waals surface area contributed by atoms with Crippen LogP contribution in [0.1, 0.15) is 83.6 Å². The van der Waals surface area contributed by atoms with Crippen LogP contribution in [0.25, 0.3) is 0 Å². The molecular weight excluding hydrogens is 342 g/mol. The summed E-state index contributed by atoms with van der Waals surface area (Å²) >= 11 is 0. The molecule has 0 unspecified atom stereocenters. The maximum atomic E-state index is 9.01. The molecule has 0 aliphatic heterocycles. The quantitative estimate of drug-likeness (QED) is 0.572. The van der Waals surface area contributed by atoms with Crippen LogP contribution < -0.4 is 4.74 Å². The Morgan fingerprint density at radius 2 is 1.79 bits per heavy atom. The van der Waals surface area contributed by atoms with Gasteiger partial charge in [-0.1, -0.05) is 26.7 Å². The predicted octanol–water partition coefficient (Wildman–Crippen LogP) is 6.74. The van der Waals surface area contributed by atoms with Crippen molar-refractivity contribution in [1.29, 1.82) is 5.26 Å². The molecule has 5 rings (SSSR count). The Balaban J connectivity index is 1.33. The minimum Gasteiger partial charge on any atom is -0.490 e. The Bertz CT molecular complexity index is 764. The van der Waals surface area contributed by atoms with Crippen LogP contribution in [0.3, 0.4) is 0 Å². The van der Waals surface area contributed by atoms with Crippen LogP contribution in [0, 0.1) is 45.8 Å². The van der Waals surface area contributed by atoms with E-state index in [2.05, 4.69) is 19.9 Å². The molecule has 0 bridgehead atoms. The SMILES string of the molecule is C[C@]12CC[C@H]3[C@@H](CC[C@H]4CCCC[C@@]43C)[C@@H]1C[C@H](Oc1ccc(C#N)cc1)C2. The molecule has 4 aliphatic carbocycles. The summed E-state index contributed by atoms with van der Waals surface area (Å²) in [4.78, 5) is 0. The average Bonchev–Trinajstić information content (AvgIpc) is 3.04. The van der Waals surface area contributed by atoms with Crippen LogP contribution in [0.15, 0.2) is 24.3 Å². The van der Waals surface area contributed by atoms with Crippen LogP contribution in [-0.4, -0.2) is 6.10 Å². The standard InChI is InChI=1S/C26H35NO/c1-25-14-12-23-22(11-8-19-5-3-4-13-26(19,23)2)24(25)15-21(16-25)28-20-9-6-18(17-27)7-10-20/h6-7,9-10,19,21-24H,3-5,8,11-16H2,1-2H3/t19-,21+,22-,23+,24+,25-,26+/m1/s1. The number of nitriles is 1. The fourth-order valence-electron chi connectivity index (χ4n) is 8.18. The summed E-state index contributed by atoms with van der Waals surface area (Å²) in [7, 11) is 0. The molecular formula is C26H35NO. The summed E-state index contributed by atoms with van der Waals surface area (Å²) in [5, 5.41) is 9.01. The molecule has 0 spiro atoms. The summed E-state index contributed by atoms with van der Waals surface area (Å²) in [6.45, 7) is 5.22. The third kappa shape index (κ3) is 2.89. The second-order valence-corrected chi connectivity index (χ2v) is 10.9. The minimum atomic E-state index is 0.346. The minimum absolute atomic E-state index is 0.346. The van der Waals surface area contributed by atoms with Crippen molar-refractivity contribution in [3.63, 3.8) is 0 Å². The normalized spacial score (nSPS) is 44.7. The van der Waals surface area contributed by atoms with E-state index in [9.17, 15) is 0 Å². The molecule has 1 aromatic rings. The van der Waals surface area contributed by atoms with Gasteiger partial charge in [-0.05, 0) is 110 Å². The van der Waals surface area contributed by atoms with Crippen LogP contribution >= 0.6 is 0 Å². The summed E-state index contributed by atoms with van der Waals surface area (Å²) in [5.74, 6) is 4.66. The monoisotopic (exact) mass is 377 g/mol. The van der Waals surface area contributed by atoms with Gasteiger partial charge in [0.2, 0.25) is 0 Å². The number of hydrogen-bond donors (Lipinski definition) is 0. The van der Waals surface area contributed by atoms with Crippen molar-refractivity contribution in [1.82, 2.24) is 0 Å². The molecule has 1 aromatic carbocycles. The van der Waals surface area contributed by atoms with Crippen molar-refractivity contribution in [3.8, 4) is 11.8 Å². The van der Waals surface area contributed by atoms with Gasteiger partial charge < -0.3 is 4.74 Å². The van der Waals surface area contributed by atoms with Crippen LogP contribution in [0.2, 0.25) is 0 Å². The van der Waals surface area contributed by atoms with Crippen molar-refractivity contribution < 1.29 is 4.74 Å². The van der Waals surface area contributed by atoms with E-state index in [0.29, 0.717) is 22.5 Å². The molecule has 0 amide bonds. The summed E-state index contributed by atoms with van der Waals surface area (Å²) < 4.78 is 6.43. The van der Waals surface area contributed by atoms with E-state index in [0.717, 1.165) is 29.4 Å². The van der Waals surface area contributed by atoms with Gasteiger partial charge in [0.1, 0.15) is 5.75 Å². The number of ether oxygens (including phenoxy) is 1. The molecule has 4 aliphatic rings. The first-order valence-electron chi connectivity index (χ1n) is 11.7. The Hall–Kier alpha value is -1.49. The maximum Gasteiger partial charge on any atom is 0.119 e. The maximum absolute atomic E-state index is 9.01. The lowest BCUT2D eigenvalue weighted by atomic mass is 9.45. The largest absolute Gasteiger partial charge is 0.490 e. The second kappa shape index (κ2) is 6.79. The van der Waals surface area contributed by atoms with E-state index in [1.807, 2.05) is 24.3 Å². The Labute approximate surface area is 170 Å². The zero-order valence-electron chi connectivity index (χ0n) is 17.6. The highest BCUT2D eigenvalue weighted by atomic mass is 16.5. The third-order valence-corrected chi connectivity index (χ3v) is 9.60. The molecule has 0 heterocycles. The first kappa shape index (κ1) is 18.5. The van der Waals surface area contributed by atoms with E-state index in [4.69, 9.17) is 10.00 Å². The van der Waals surface area contributed by atoms with Gasteiger partial charge in [-0.25, -0.2) is 0 Å². The number of benzene rings is 1. The highest BCUT2D eigenvalue weighted by molar-refractivity contribution is 5.34. The van der Waals surface area contributed by atoms with Crippen LogP contribution in [0.4, 0.5) is 0 Å². The van der Waals surface area contributed by atoms with Crippen molar-refractivity contribution in [2.75, 3.05) is 0 Å². The third-order valence-electron chi connectivity index (χ3n) is 9.60. The second-order valence-electron chi connectivity index (χ2n) is 10.9. The average molecular weight is 378 g/mol. The zero-order valence-corrected chi connectivity index (χ0v) is 17.6. The van der Waals surface area contributed by atoms with E-state index >= 15 is 0 Å². The Morgan fingerprint density at radius 3 is 2.57 bits per heavy atom. The van der Waals surface area contributed by atoms with Crippen molar-refractivity contribution in [3.05, 3.63) is 29.8 Å². The molecule has 2 nitrogen and oxygen atoms in total. The Morgan fingerprint density at radius 1 is 0.964 bits per heavy atom. The topological polar surface area (TPSA) is 33.0 Å². The van der Waals surface area contributed by atoms with Crippen molar-refractivity contribution in [2.45, 2.75) is 84.2 Å². The van der Waals surface area contributed by atoms with Gasteiger partial charge >= 0.3 is 0 Å². The molecule has 0 saturated heterocycles. The van der Waals surface area contributed by atoms with Gasteiger partial charge in [0.15, 0.2) is 0 Å². The molecule has 0 aromatic heterocycles. The Kier molecular flexibility index (Phi) is 4.49. The van der Waals surface area contributed by atoms with Gasteiger partial charge in [-0.2, -0.15) is 5.26 Å². The lowest BCUT2D eigenvalue weighted by Crippen LogP contribution is -2.51. The van der Waals surface area contributed by atoms with Gasteiger partial charge in [0.05, 0.1) is 17.7 Å². The lowest BCUT2D eigenvalue weighted by Gasteiger charge is -2.59. The number of rotatable bonds is 2. The summed E-state index contributed by atoms with van der Waals surface area (Å²) in [6, 6.07) is 9.89. The molecule has 4 saturated carbocycles. The number of nitrogens with zero attached hydrogens (tertiary/aromatic N) is 1. The first-order chi connectivity index (χ1) is 13.5. The number of hydrogen-bond acceptors (Lipinski definition) is 2. The van der Waals surface area contributed by atoms with Crippen molar-refractivity contribution >= 4 is 0 Å². The predicted molar refractivity (Wildman–Crippen MR) is 112 cm³/mol. The van der Waals surface area contributed by atoms with Crippen molar-refractivity contribution in [2.24, 2.45) is 34.5 Å². The van der Waals surface area contributed by atoms with Gasteiger partial charge in [0.25, 0.3) is 0 Å². The molecule has 0 radical (unpaired) electrons. The zero-order chi connectivity index (χ0) is 19.4. The van der Waals surface area contributed by atoms with Crippen LogP contribution in [-0.2, 0) is 0 Å². The van der Waals surface area contributed by atoms with Gasteiger partial charge in [-0.3, -0.25) is 0 Å². The van der Waals surface area contributed by atoms with Gasteiger partial charge in [0, 0.05) is 0 Å². The first-order valence-corrected chi connectivity index (χ1v) is 11.7. The van der Waals surface area contributed by atoms with E-state index in [1.54, 1.807) is 0 Å². The van der Waals surface area contributed by atoms with E-state index in [1.165, 1.54) is 64.2 Å².